The number of carbonyl (C=O) groups excluding carboxylic acids is 2. The van der Waals surface area contributed by atoms with Crippen molar-refractivity contribution in [1.29, 1.82) is 0 Å². The number of amides is 2. The zero-order valence-electron chi connectivity index (χ0n) is 19.3. The average Bonchev–Trinajstić information content (AvgIpc) is 3.09. The van der Waals surface area contributed by atoms with Crippen LogP contribution in [0.15, 0.2) is 48.2 Å². The topological polar surface area (TPSA) is 62.3 Å². The second-order valence-electron chi connectivity index (χ2n) is 8.36. The minimum atomic E-state index is -0.450. The Hall–Kier alpha value is -3.39. The highest BCUT2D eigenvalue weighted by Gasteiger charge is 2.43. The molecule has 0 bridgehead atoms. The Bertz CT molecular complexity index is 1090. The lowest BCUT2D eigenvalue weighted by Crippen LogP contribution is -2.43. The lowest BCUT2D eigenvalue weighted by molar-refractivity contribution is -0.120. The van der Waals surface area contributed by atoms with Crippen molar-refractivity contribution in [3.8, 4) is 11.5 Å². The number of halogens is 1. The van der Waals surface area contributed by atoms with Crippen LogP contribution in [0.4, 0.5) is 10.1 Å². The quantitative estimate of drug-likeness (QED) is 0.627. The minimum absolute atomic E-state index is 0.122. The fourth-order valence-electron chi connectivity index (χ4n) is 4.49. The van der Waals surface area contributed by atoms with E-state index in [9.17, 15) is 14.0 Å². The smallest absolute Gasteiger partial charge is 0.282 e. The van der Waals surface area contributed by atoms with Crippen LogP contribution < -0.4 is 14.4 Å². The Kier molecular flexibility index (Phi) is 6.37. The SMILES string of the molecule is COc1ccc(C2=C(N(C)C3CCN(C)CC3)C(=O)N(c3ccc(F)cc3)C2=O)cc1OC. The summed E-state index contributed by atoms with van der Waals surface area (Å²) in [6.45, 7) is 1.83. The van der Waals surface area contributed by atoms with Crippen LogP contribution in [0.25, 0.3) is 5.57 Å². The Labute approximate surface area is 193 Å². The number of anilines is 1. The van der Waals surface area contributed by atoms with Crippen LogP contribution in [0.2, 0.25) is 0 Å². The molecule has 0 aliphatic carbocycles. The van der Waals surface area contributed by atoms with Gasteiger partial charge in [0.05, 0.1) is 25.5 Å². The molecule has 0 radical (unpaired) electrons. The van der Waals surface area contributed by atoms with Crippen molar-refractivity contribution in [3.63, 3.8) is 0 Å². The van der Waals surface area contributed by atoms with E-state index in [1.807, 2.05) is 11.9 Å². The molecule has 0 aromatic heterocycles. The predicted octanol–water partition coefficient (Wildman–Crippen LogP) is 3.15. The highest BCUT2D eigenvalue weighted by molar-refractivity contribution is 6.45. The number of nitrogens with zero attached hydrogens (tertiary/aromatic N) is 3. The minimum Gasteiger partial charge on any atom is -0.493 e. The number of carbonyl (C=O) groups is 2. The summed E-state index contributed by atoms with van der Waals surface area (Å²) >= 11 is 0. The number of methoxy groups -OCH3 is 2. The molecule has 174 valence electrons. The molecule has 1 fully saturated rings. The number of likely N-dealkylation sites (tertiary alicyclic amines) is 1. The van der Waals surface area contributed by atoms with E-state index in [-0.39, 0.29) is 6.04 Å². The number of hydrogen-bond acceptors (Lipinski definition) is 6. The number of likely N-dealkylation sites (N-methyl/N-ethyl adjacent to an activating group) is 1. The maximum absolute atomic E-state index is 13.7. The van der Waals surface area contributed by atoms with Crippen molar-refractivity contribution in [2.45, 2.75) is 18.9 Å². The van der Waals surface area contributed by atoms with Gasteiger partial charge in [-0.3, -0.25) is 9.59 Å². The number of benzene rings is 2. The Balaban J connectivity index is 1.81. The first-order valence-corrected chi connectivity index (χ1v) is 10.9. The van der Waals surface area contributed by atoms with Crippen LogP contribution >= 0.6 is 0 Å². The van der Waals surface area contributed by atoms with Crippen LogP contribution in [0.1, 0.15) is 18.4 Å². The van der Waals surface area contributed by atoms with Crippen LogP contribution in [0.3, 0.4) is 0 Å². The van der Waals surface area contributed by atoms with Crippen LogP contribution in [0.5, 0.6) is 11.5 Å². The lowest BCUT2D eigenvalue weighted by atomic mass is 10.00. The van der Waals surface area contributed by atoms with Gasteiger partial charge in [-0.05, 0) is 74.9 Å². The van der Waals surface area contributed by atoms with Crippen LogP contribution in [-0.4, -0.2) is 69.1 Å². The largest absolute Gasteiger partial charge is 0.493 e. The second-order valence-corrected chi connectivity index (χ2v) is 8.36. The van der Waals surface area contributed by atoms with Gasteiger partial charge in [-0.2, -0.15) is 0 Å². The molecule has 2 aromatic rings. The number of ether oxygens (including phenoxy) is 2. The van der Waals surface area contributed by atoms with Crippen molar-refractivity contribution in [1.82, 2.24) is 9.80 Å². The Morgan fingerprint density at radius 2 is 1.58 bits per heavy atom. The summed E-state index contributed by atoms with van der Waals surface area (Å²) in [5, 5.41) is 0. The van der Waals surface area contributed by atoms with Gasteiger partial charge in [0.2, 0.25) is 0 Å². The van der Waals surface area contributed by atoms with Gasteiger partial charge in [0.15, 0.2) is 11.5 Å². The predicted molar refractivity (Wildman–Crippen MR) is 124 cm³/mol. The van der Waals surface area contributed by atoms with E-state index in [0.29, 0.717) is 34.0 Å². The molecule has 7 nitrogen and oxygen atoms in total. The molecule has 1 saturated heterocycles. The van der Waals surface area contributed by atoms with Gasteiger partial charge in [-0.15, -0.1) is 0 Å². The van der Waals surface area contributed by atoms with Gasteiger partial charge < -0.3 is 19.3 Å². The van der Waals surface area contributed by atoms with Gasteiger partial charge in [0.25, 0.3) is 11.8 Å². The van der Waals surface area contributed by atoms with Crippen LogP contribution in [0, 0.1) is 5.82 Å². The van der Waals surface area contributed by atoms with E-state index >= 15 is 0 Å². The summed E-state index contributed by atoms with van der Waals surface area (Å²) in [5.41, 5.74) is 1.53. The van der Waals surface area contributed by atoms with Crippen molar-refractivity contribution < 1.29 is 23.5 Å². The van der Waals surface area contributed by atoms with E-state index in [1.165, 1.54) is 38.5 Å². The third-order valence-corrected chi connectivity index (χ3v) is 6.40. The van der Waals surface area contributed by atoms with Gasteiger partial charge in [0, 0.05) is 13.1 Å². The molecular weight excluding hydrogens is 425 g/mol. The van der Waals surface area contributed by atoms with E-state index in [0.717, 1.165) is 30.8 Å². The third kappa shape index (κ3) is 4.18. The molecule has 2 aliphatic rings. The first-order valence-electron chi connectivity index (χ1n) is 10.9. The molecule has 33 heavy (non-hydrogen) atoms. The van der Waals surface area contributed by atoms with E-state index in [1.54, 1.807) is 18.2 Å². The maximum atomic E-state index is 13.7. The first-order chi connectivity index (χ1) is 15.8. The summed E-state index contributed by atoms with van der Waals surface area (Å²) in [7, 11) is 7.00. The van der Waals surface area contributed by atoms with Gasteiger partial charge in [-0.1, -0.05) is 6.07 Å². The summed E-state index contributed by atoms with van der Waals surface area (Å²) in [6.07, 6.45) is 1.77. The van der Waals surface area contributed by atoms with E-state index < -0.39 is 17.6 Å². The van der Waals surface area contributed by atoms with Crippen molar-refractivity contribution in [3.05, 3.63) is 59.5 Å². The molecule has 2 heterocycles. The Morgan fingerprint density at radius 1 is 0.939 bits per heavy atom. The van der Waals surface area contributed by atoms with Crippen LogP contribution in [-0.2, 0) is 9.59 Å². The fraction of sp³-hybridized carbons (Fsp3) is 0.360. The van der Waals surface area contributed by atoms with Crippen molar-refractivity contribution in [2.75, 3.05) is 46.3 Å². The highest BCUT2D eigenvalue weighted by Crippen LogP contribution is 2.39. The molecule has 2 aliphatic heterocycles. The number of piperidine rings is 1. The molecule has 8 heteroatoms. The highest BCUT2D eigenvalue weighted by atomic mass is 19.1. The standard InChI is InChI=1S/C25H28FN3O4/c1-27-13-11-18(12-14-27)28(2)23-22(16-5-10-20(32-3)21(15-16)33-4)24(30)29(25(23)31)19-8-6-17(26)7-9-19/h5-10,15,18H,11-14H2,1-4H3. The van der Waals surface area contributed by atoms with Crippen molar-refractivity contribution in [2.24, 2.45) is 0 Å². The van der Waals surface area contributed by atoms with E-state index in [2.05, 4.69) is 11.9 Å². The molecule has 0 saturated carbocycles. The molecule has 0 N–H and O–H groups in total. The number of imide groups is 1. The summed E-state index contributed by atoms with van der Waals surface area (Å²) in [5.74, 6) is -0.315. The van der Waals surface area contributed by atoms with Crippen molar-refractivity contribution >= 4 is 23.1 Å². The molecule has 0 atom stereocenters. The zero-order chi connectivity index (χ0) is 23.7. The summed E-state index contributed by atoms with van der Waals surface area (Å²) in [6, 6.07) is 10.7. The molecule has 2 amide bonds. The van der Waals surface area contributed by atoms with Gasteiger partial charge in [0.1, 0.15) is 11.5 Å². The average molecular weight is 454 g/mol. The maximum Gasteiger partial charge on any atom is 0.282 e. The summed E-state index contributed by atoms with van der Waals surface area (Å²) < 4.78 is 24.3. The lowest BCUT2D eigenvalue weighted by Gasteiger charge is -2.36. The normalized spacial score (nSPS) is 17.7. The molecule has 0 spiro atoms. The zero-order valence-corrected chi connectivity index (χ0v) is 19.3. The summed E-state index contributed by atoms with van der Waals surface area (Å²) in [4.78, 5) is 32.6. The first kappa shape index (κ1) is 22.8. The molecule has 0 unspecified atom stereocenters. The molecule has 2 aromatic carbocycles. The van der Waals surface area contributed by atoms with Gasteiger partial charge in [-0.25, -0.2) is 9.29 Å². The van der Waals surface area contributed by atoms with E-state index in [4.69, 9.17) is 9.47 Å². The number of hydrogen-bond donors (Lipinski definition) is 0. The Morgan fingerprint density at radius 3 is 2.18 bits per heavy atom. The van der Waals surface area contributed by atoms with Gasteiger partial charge >= 0.3 is 0 Å². The third-order valence-electron chi connectivity index (χ3n) is 6.40. The second kappa shape index (κ2) is 9.23. The fourth-order valence-corrected chi connectivity index (χ4v) is 4.49. The number of rotatable bonds is 6. The molecular formula is C25H28FN3O4. The monoisotopic (exact) mass is 453 g/mol. The molecule has 4 rings (SSSR count).